The van der Waals surface area contributed by atoms with Crippen LogP contribution in [0, 0.1) is 0 Å². The third-order valence-electron chi connectivity index (χ3n) is 3.54. The lowest BCUT2D eigenvalue weighted by Gasteiger charge is -2.18. The van der Waals surface area contributed by atoms with Crippen LogP contribution in [0.25, 0.3) is 10.9 Å². The van der Waals surface area contributed by atoms with Crippen molar-refractivity contribution in [2.75, 3.05) is 14.2 Å². The Balaban J connectivity index is 2.95. The number of methoxy groups -OCH3 is 2. The maximum absolute atomic E-state index is 12.8. The molecule has 0 bridgehead atoms. The quantitative estimate of drug-likeness (QED) is 0.446. The Kier molecular flexibility index (Phi) is 5.35. The predicted octanol–water partition coefficient (Wildman–Crippen LogP) is 1.44. The van der Waals surface area contributed by atoms with Gasteiger partial charge in [-0.15, -0.1) is 0 Å². The van der Waals surface area contributed by atoms with Crippen LogP contribution < -0.4 is 14.5 Å². The molecule has 2 rings (SSSR count). The van der Waals surface area contributed by atoms with E-state index < -0.39 is 44.4 Å². The zero-order valence-electron chi connectivity index (χ0n) is 14.1. The first-order valence-electron chi connectivity index (χ1n) is 7.12. The number of ether oxygens (including phenoxy) is 2. The number of hydrogen-bond donors (Lipinski definition) is 1. The van der Waals surface area contributed by atoms with Crippen molar-refractivity contribution in [1.82, 2.24) is 9.97 Å². The number of carbonyl (C=O) groups is 1. The second-order valence-electron chi connectivity index (χ2n) is 5.17. The predicted molar refractivity (Wildman–Crippen MR) is 84.9 cm³/mol. The number of carbonyl (C=O) groups excluding carboxylic acids is 1. The van der Waals surface area contributed by atoms with E-state index in [0.29, 0.717) is 0 Å². The molecule has 2 aromatic rings. The standard InChI is InChI=1S/C14H13F3N2O7S/c1-6(13(21)25-3)8-10(26-27(22,23)14(15,16)17)9-7(19-11(8)20)4-5-18-12(9)24-2/h4-6H,1-3H3,(H,19,20). The molecule has 0 spiro atoms. The Morgan fingerprint density at radius 1 is 1.30 bits per heavy atom. The van der Waals surface area contributed by atoms with E-state index in [0.717, 1.165) is 21.1 Å². The molecule has 9 nitrogen and oxygen atoms in total. The molecular formula is C14H13F3N2O7S. The van der Waals surface area contributed by atoms with Gasteiger partial charge in [0.1, 0.15) is 5.39 Å². The number of aromatic amines is 1. The molecule has 1 unspecified atom stereocenters. The highest BCUT2D eigenvalue weighted by Gasteiger charge is 2.49. The summed E-state index contributed by atoms with van der Waals surface area (Å²) in [7, 11) is -4.05. The van der Waals surface area contributed by atoms with Crippen LogP contribution in [0.3, 0.4) is 0 Å². The molecule has 13 heteroatoms. The van der Waals surface area contributed by atoms with Crippen molar-refractivity contribution in [3.63, 3.8) is 0 Å². The number of fused-ring (bicyclic) bond motifs is 1. The van der Waals surface area contributed by atoms with Crippen LogP contribution in [0.15, 0.2) is 17.1 Å². The number of rotatable bonds is 5. The first kappa shape index (κ1) is 20.5. The maximum Gasteiger partial charge on any atom is 0.534 e. The number of nitrogens with one attached hydrogen (secondary N) is 1. The van der Waals surface area contributed by atoms with Gasteiger partial charge in [0.15, 0.2) is 5.75 Å². The summed E-state index contributed by atoms with van der Waals surface area (Å²) in [6.45, 7) is 1.14. The summed E-state index contributed by atoms with van der Waals surface area (Å²) >= 11 is 0. The second kappa shape index (κ2) is 7.06. The average Bonchev–Trinajstić information content (AvgIpc) is 2.58. The molecule has 2 aromatic heterocycles. The summed E-state index contributed by atoms with van der Waals surface area (Å²) in [5.74, 6) is -3.80. The fraction of sp³-hybridized carbons (Fsp3) is 0.357. The molecule has 0 saturated carbocycles. The van der Waals surface area contributed by atoms with Crippen molar-refractivity contribution >= 4 is 27.0 Å². The summed E-state index contributed by atoms with van der Waals surface area (Å²) in [4.78, 5) is 30.3. The van der Waals surface area contributed by atoms with Gasteiger partial charge in [0.2, 0.25) is 5.88 Å². The van der Waals surface area contributed by atoms with Gasteiger partial charge in [-0.3, -0.25) is 9.59 Å². The molecule has 0 aliphatic carbocycles. The van der Waals surface area contributed by atoms with Crippen LogP contribution in [0.1, 0.15) is 18.4 Å². The first-order valence-corrected chi connectivity index (χ1v) is 8.52. The lowest BCUT2D eigenvalue weighted by Crippen LogP contribution is -2.30. The van der Waals surface area contributed by atoms with Gasteiger partial charge in [0, 0.05) is 6.20 Å². The first-order chi connectivity index (χ1) is 12.4. The molecule has 1 N–H and O–H groups in total. The van der Waals surface area contributed by atoms with Crippen LogP contribution in [0.4, 0.5) is 13.2 Å². The van der Waals surface area contributed by atoms with E-state index in [-0.39, 0.29) is 16.8 Å². The van der Waals surface area contributed by atoms with Gasteiger partial charge in [0.05, 0.1) is 31.2 Å². The molecule has 0 saturated heterocycles. The Bertz CT molecular complexity index is 1050. The molecule has 2 heterocycles. The summed E-state index contributed by atoms with van der Waals surface area (Å²) in [6, 6.07) is 1.19. The molecule has 0 aliphatic rings. The van der Waals surface area contributed by atoms with Gasteiger partial charge >= 0.3 is 21.6 Å². The minimum absolute atomic E-state index is 0.111. The highest BCUT2D eigenvalue weighted by Crippen LogP contribution is 2.38. The number of halogens is 3. The van der Waals surface area contributed by atoms with Crippen molar-refractivity contribution in [3.05, 3.63) is 28.2 Å². The molecule has 0 fully saturated rings. The molecule has 0 amide bonds. The van der Waals surface area contributed by atoms with E-state index in [1.54, 1.807) is 0 Å². The summed E-state index contributed by atoms with van der Waals surface area (Å²) in [5.41, 5.74) is -7.61. The fourth-order valence-corrected chi connectivity index (χ4v) is 2.77. The molecule has 148 valence electrons. The number of aromatic nitrogens is 2. The maximum atomic E-state index is 12.8. The largest absolute Gasteiger partial charge is 0.534 e. The number of pyridine rings is 2. The van der Waals surface area contributed by atoms with Crippen LogP contribution in [0.2, 0.25) is 0 Å². The van der Waals surface area contributed by atoms with Crippen molar-refractivity contribution in [2.24, 2.45) is 0 Å². The van der Waals surface area contributed by atoms with Gasteiger partial charge in [-0.1, -0.05) is 0 Å². The Hall–Kier alpha value is -2.83. The number of nitrogens with zero attached hydrogens (tertiary/aromatic N) is 1. The smallest absolute Gasteiger partial charge is 0.480 e. The van der Waals surface area contributed by atoms with Gasteiger partial charge in [-0.2, -0.15) is 21.6 Å². The number of esters is 1. The minimum atomic E-state index is -6.16. The van der Waals surface area contributed by atoms with E-state index in [1.807, 2.05) is 0 Å². The minimum Gasteiger partial charge on any atom is -0.480 e. The van der Waals surface area contributed by atoms with Crippen LogP contribution >= 0.6 is 0 Å². The molecule has 1 atom stereocenters. The van der Waals surface area contributed by atoms with Crippen molar-refractivity contribution in [1.29, 1.82) is 0 Å². The van der Waals surface area contributed by atoms with Crippen molar-refractivity contribution < 1.29 is 40.0 Å². The van der Waals surface area contributed by atoms with Crippen LogP contribution in [0.5, 0.6) is 11.6 Å². The monoisotopic (exact) mass is 410 g/mol. The third-order valence-corrected chi connectivity index (χ3v) is 4.49. The normalized spacial score (nSPS) is 13.3. The fourth-order valence-electron chi connectivity index (χ4n) is 2.28. The van der Waals surface area contributed by atoms with Gasteiger partial charge < -0.3 is 18.6 Å². The zero-order valence-corrected chi connectivity index (χ0v) is 14.9. The lowest BCUT2D eigenvalue weighted by atomic mass is 10.00. The van der Waals surface area contributed by atoms with E-state index in [2.05, 4.69) is 18.9 Å². The third kappa shape index (κ3) is 3.67. The molecule has 0 aromatic carbocycles. The highest BCUT2D eigenvalue weighted by molar-refractivity contribution is 7.88. The molecular weight excluding hydrogens is 397 g/mol. The van der Waals surface area contributed by atoms with Crippen LogP contribution in [-0.2, 0) is 19.6 Å². The van der Waals surface area contributed by atoms with Crippen molar-refractivity contribution in [2.45, 2.75) is 18.3 Å². The molecule has 0 radical (unpaired) electrons. The highest BCUT2D eigenvalue weighted by atomic mass is 32.2. The van der Waals surface area contributed by atoms with E-state index in [4.69, 9.17) is 4.74 Å². The van der Waals surface area contributed by atoms with Gasteiger partial charge in [-0.05, 0) is 13.0 Å². The summed E-state index contributed by atoms with van der Waals surface area (Å²) in [6.07, 6.45) is 1.17. The van der Waals surface area contributed by atoms with Crippen LogP contribution in [-0.4, -0.2) is 44.1 Å². The second-order valence-corrected chi connectivity index (χ2v) is 6.71. The number of H-pyrrole nitrogens is 1. The molecule has 0 aliphatic heterocycles. The topological polar surface area (TPSA) is 125 Å². The van der Waals surface area contributed by atoms with Crippen molar-refractivity contribution in [3.8, 4) is 11.6 Å². The van der Waals surface area contributed by atoms with Gasteiger partial charge in [-0.25, -0.2) is 4.98 Å². The Morgan fingerprint density at radius 3 is 2.44 bits per heavy atom. The Labute approximate surface area is 150 Å². The van der Waals surface area contributed by atoms with E-state index in [9.17, 15) is 31.2 Å². The molecule has 27 heavy (non-hydrogen) atoms. The average molecular weight is 410 g/mol. The summed E-state index contributed by atoms with van der Waals surface area (Å²) < 4.78 is 75.2. The number of hydrogen-bond acceptors (Lipinski definition) is 8. The van der Waals surface area contributed by atoms with E-state index in [1.165, 1.54) is 12.3 Å². The Morgan fingerprint density at radius 2 is 1.93 bits per heavy atom. The summed E-state index contributed by atoms with van der Waals surface area (Å²) in [5, 5.41) is -0.363. The van der Waals surface area contributed by atoms with E-state index >= 15 is 0 Å². The zero-order chi connectivity index (χ0) is 20.6. The van der Waals surface area contributed by atoms with Gasteiger partial charge in [0.25, 0.3) is 5.56 Å². The SMILES string of the molecule is COC(=O)C(C)c1c(OS(=O)(=O)C(F)(F)F)c2c(OC)nccc2[nH]c1=O. The lowest BCUT2D eigenvalue weighted by molar-refractivity contribution is -0.142. The number of alkyl halides is 3.